The molecule has 0 spiro atoms. The molecule has 1 aromatic heterocycles. The number of carbonyl (C=O) groups excluding carboxylic acids is 1. The molecule has 2 N–H and O–H groups in total. The standard InChI is InChI=1S/C28H30N4O5/c1-18-25(34-3)15-22(16-26(18)35-4)28(33)30-17-21-11-10-20(27-31-19(2)37-32-27)14-24(21)29-12-13-36-23-8-6-5-7-9-23/h5-11,14-16,29H,12-13,17H2,1-4H3,(H,30,33). The molecule has 0 saturated heterocycles. The third-order valence-electron chi connectivity index (χ3n) is 5.78. The molecule has 0 radical (unpaired) electrons. The number of hydrogen-bond donors (Lipinski definition) is 2. The Morgan fingerprint density at radius 3 is 2.35 bits per heavy atom. The summed E-state index contributed by atoms with van der Waals surface area (Å²) >= 11 is 0. The molecule has 4 aromatic rings. The van der Waals surface area contributed by atoms with Crippen molar-refractivity contribution < 1.29 is 23.5 Å². The van der Waals surface area contributed by atoms with Crippen molar-refractivity contribution in [2.45, 2.75) is 20.4 Å². The highest BCUT2D eigenvalue weighted by Gasteiger charge is 2.15. The van der Waals surface area contributed by atoms with E-state index in [1.165, 1.54) is 0 Å². The molecule has 0 aliphatic carbocycles. The zero-order valence-electron chi connectivity index (χ0n) is 21.3. The predicted octanol–water partition coefficient (Wildman–Crippen LogP) is 4.79. The van der Waals surface area contributed by atoms with Crippen LogP contribution in [0.25, 0.3) is 11.4 Å². The number of anilines is 1. The number of para-hydroxylation sites is 1. The van der Waals surface area contributed by atoms with Crippen LogP contribution in [-0.2, 0) is 6.54 Å². The second-order valence-corrected chi connectivity index (χ2v) is 8.29. The van der Waals surface area contributed by atoms with Crippen molar-refractivity contribution in [3.05, 3.63) is 83.2 Å². The Morgan fingerprint density at radius 1 is 0.973 bits per heavy atom. The van der Waals surface area contributed by atoms with Crippen LogP contribution < -0.4 is 24.8 Å². The number of carbonyl (C=O) groups is 1. The van der Waals surface area contributed by atoms with E-state index in [0.29, 0.717) is 48.5 Å². The topological polar surface area (TPSA) is 108 Å². The molecule has 0 unspecified atom stereocenters. The van der Waals surface area contributed by atoms with Gasteiger partial charge in [-0.25, -0.2) is 0 Å². The fourth-order valence-corrected chi connectivity index (χ4v) is 3.82. The number of hydrogen-bond acceptors (Lipinski definition) is 8. The van der Waals surface area contributed by atoms with Crippen molar-refractivity contribution in [3.8, 4) is 28.6 Å². The molecule has 1 amide bonds. The highest BCUT2D eigenvalue weighted by Crippen LogP contribution is 2.30. The molecular formula is C28H30N4O5. The highest BCUT2D eigenvalue weighted by molar-refractivity contribution is 5.95. The lowest BCUT2D eigenvalue weighted by atomic mass is 10.1. The number of aromatic nitrogens is 2. The quantitative estimate of drug-likeness (QED) is 0.282. The summed E-state index contributed by atoms with van der Waals surface area (Å²) in [5, 5.41) is 10.4. The van der Waals surface area contributed by atoms with Crippen molar-refractivity contribution in [3.63, 3.8) is 0 Å². The summed E-state index contributed by atoms with van der Waals surface area (Å²) in [6.45, 7) is 4.94. The van der Waals surface area contributed by atoms with Crippen LogP contribution in [0.2, 0.25) is 0 Å². The van der Waals surface area contributed by atoms with Gasteiger partial charge in [0.2, 0.25) is 11.7 Å². The van der Waals surface area contributed by atoms with Gasteiger partial charge in [0.05, 0.1) is 14.2 Å². The first-order valence-corrected chi connectivity index (χ1v) is 11.8. The molecule has 0 bridgehead atoms. The van der Waals surface area contributed by atoms with Crippen molar-refractivity contribution >= 4 is 11.6 Å². The van der Waals surface area contributed by atoms with E-state index < -0.39 is 0 Å². The second-order valence-electron chi connectivity index (χ2n) is 8.29. The van der Waals surface area contributed by atoms with Crippen LogP contribution in [0.3, 0.4) is 0 Å². The number of nitrogens with one attached hydrogen (secondary N) is 2. The number of methoxy groups -OCH3 is 2. The summed E-state index contributed by atoms with van der Waals surface area (Å²) in [6, 6.07) is 18.8. The Morgan fingerprint density at radius 2 is 1.70 bits per heavy atom. The minimum absolute atomic E-state index is 0.243. The van der Waals surface area contributed by atoms with Gasteiger partial charge < -0.3 is 29.4 Å². The van der Waals surface area contributed by atoms with Gasteiger partial charge in [-0.15, -0.1) is 0 Å². The molecule has 4 rings (SSSR count). The van der Waals surface area contributed by atoms with E-state index in [0.717, 1.165) is 28.1 Å². The Labute approximate surface area is 215 Å². The molecule has 0 atom stereocenters. The molecule has 0 fully saturated rings. The lowest BCUT2D eigenvalue weighted by Gasteiger charge is -2.16. The maximum Gasteiger partial charge on any atom is 0.251 e. The van der Waals surface area contributed by atoms with Crippen LogP contribution in [0.4, 0.5) is 5.69 Å². The number of ether oxygens (including phenoxy) is 3. The van der Waals surface area contributed by atoms with Gasteiger partial charge in [0, 0.05) is 42.4 Å². The van der Waals surface area contributed by atoms with Crippen molar-refractivity contribution in [1.82, 2.24) is 15.5 Å². The number of benzene rings is 3. The van der Waals surface area contributed by atoms with E-state index in [9.17, 15) is 4.79 Å². The van der Waals surface area contributed by atoms with Crippen LogP contribution in [0.15, 0.2) is 65.2 Å². The summed E-state index contributed by atoms with van der Waals surface area (Å²) in [5.41, 5.74) is 3.80. The third kappa shape index (κ3) is 6.38. The van der Waals surface area contributed by atoms with Gasteiger partial charge in [0.25, 0.3) is 5.91 Å². The van der Waals surface area contributed by atoms with Crippen molar-refractivity contribution in [2.75, 3.05) is 32.7 Å². The fourth-order valence-electron chi connectivity index (χ4n) is 3.82. The third-order valence-corrected chi connectivity index (χ3v) is 5.78. The molecule has 0 aliphatic rings. The molecule has 9 heteroatoms. The molecule has 1 heterocycles. The zero-order valence-corrected chi connectivity index (χ0v) is 21.3. The Hall–Kier alpha value is -4.53. The molecule has 37 heavy (non-hydrogen) atoms. The van der Waals surface area contributed by atoms with Gasteiger partial charge >= 0.3 is 0 Å². The van der Waals surface area contributed by atoms with E-state index in [1.54, 1.807) is 33.3 Å². The van der Waals surface area contributed by atoms with Crippen LogP contribution in [0.1, 0.15) is 27.4 Å². The maximum absolute atomic E-state index is 13.0. The maximum atomic E-state index is 13.0. The van der Waals surface area contributed by atoms with Gasteiger partial charge in [0.15, 0.2) is 0 Å². The molecule has 9 nitrogen and oxygen atoms in total. The van der Waals surface area contributed by atoms with Crippen molar-refractivity contribution in [2.24, 2.45) is 0 Å². The summed E-state index contributed by atoms with van der Waals surface area (Å²) < 4.78 is 21.7. The highest BCUT2D eigenvalue weighted by atomic mass is 16.5. The smallest absolute Gasteiger partial charge is 0.251 e. The number of amides is 1. The van der Waals surface area contributed by atoms with Gasteiger partial charge in [-0.1, -0.05) is 35.5 Å². The largest absolute Gasteiger partial charge is 0.496 e. The summed E-state index contributed by atoms with van der Waals surface area (Å²) in [5.74, 6) is 2.72. The van der Waals surface area contributed by atoms with E-state index in [1.807, 2.05) is 55.5 Å². The summed E-state index contributed by atoms with van der Waals surface area (Å²) in [7, 11) is 3.13. The van der Waals surface area contributed by atoms with Gasteiger partial charge in [0.1, 0.15) is 23.9 Å². The molecular weight excluding hydrogens is 472 g/mol. The van der Waals surface area contributed by atoms with Gasteiger partial charge in [-0.05, 0) is 42.8 Å². The first kappa shape index (κ1) is 25.6. The van der Waals surface area contributed by atoms with E-state index in [-0.39, 0.29) is 5.91 Å². The fraction of sp³-hybridized carbons (Fsp3) is 0.250. The minimum Gasteiger partial charge on any atom is -0.496 e. The van der Waals surface area contributed by atoms with E-state index >= 15 is 0 Å². The first-order chi connectivity index (χ1) is 18.0. The van der Waals surface area contributed by atoms with Crippen LogP contribution in [0, 0.1) is 13.8 Å². The average Bonchev–Trinajstić information content (AvgIpc) is 3.37. The van der Waals surface area contributed by atoms with E-state index in [4.69, 9.17) is 18.7 Å². The number of aryl methyl sites for hydroxylation is 1. The Kier molecular flexibility index (Phi) is 8.25. The van der Waals surface area contributed by atoms with Crippen molar-refractivity contribution in [1.29, 1.82) is 0 Å². The summed E-state index contributed by atoms with van der Waals surface area (Å²) in [6.07, 6.45) is 0. The van der Waals surface area contributed by atoms with Crippen LogP contribution >= 0.6 is 0 Å². The summed E-state index contributed by atoms with van der Waals surface area (Å²) in [4.78, 5) is 17.3. The second kappa shape index (κ2) is 11.9. The van der Waals surface area contributed by atoms with Gasteiger partial charge in [-0.3, -0.25) is 4.79 Å². The average molecular weight is 503 g/mol. The monoisotopic (exact) mass is 502 g/mol. The predicted molar refractivity (Wildman–Crippen MR) is 140 cm³/mol. The zero-order chi connectivity index (χ0) is 26.2. The molecule has 0 saturated carbocycles. The van der Waals surface area contributed by atoms with Crippen LogP contribution in [-0.4, -0.2) is 43.4 Å². The number of nitrogens with zero attached hydrogens (tertiary/aromatic N) is 2. The normalized spacial score (nSPS) is 10.6. The Balaban J connectivity index is 1.49. The Bertz CT molecular complexity index is 1330. The van der Waals surface area contributed by atoms with E-state index in [2.05, 4.69) is 20.8 Å². The number of rotatable bonds is 11. The van der Waals surface area contributed by atoms with Crippen LogP contribution in [0.5, 0.6) is 17.2 Å². The first-order valence-electron chi connectivity index (χ1n) is 11.8. The van der Waals surface area contributed by atoms with Gasteiger partial charge in [-0.2, -0.15) is 4.98 Å². The molecule has 3 aromatic carbocycles. The lowest BCUT2D eigenvalue weighted by Crippen LogP contribution is -2.24. The SMILES string of the molecule is COc1cc(C(=O)NCc2ccc(-c3noc(C)n3)cc2NCCOc2ccccc2)cc(OC)c1C. The lowest BCUT2D eigenvalue weighted by molar-refractivity contribution is 0.0950. The minimum atomic E-state index is -0.243. The molecule has 0 aliphatic heterocycles. The molecule has 192 valence electrons.